The van der Waals surface area contributed by atoms with Gasteiger partial charge in [-0.3, -0.25) is 4.79 Å². The van der Waals surface area contributed by atoms with Crippen molar-refractivity contribution in [2.75, 3.05) is 20.6 Å². The number of carbonyl (C=O) groups is 1. The molecule has 0 aliphatic carbocycles. The number of nitrogens with zero attached hydrogens (tertiary/aromatic N) is 1. The van der Waals surface area contributed by atoms with Gasteiger partial charge in [0.15, 0.2) is 0 Å². The van der Waals surface area contributed by atoms with Crippen molar-refractivity contribution >= 4 is 5.91 Å². The summed E-state index contributed by atoms with van der Waals surface area (Å²) in [5.41, 5.74) is 3.09. The number of para-hydroxylation sites is 2. The molecule has 0 fully saturated rings. The Morgan fingerprint density at radius 1 is 0.897 bits per heavy atom. The summed E-state index contributed by atoms with van der Waals surface area (Å²) in [6, 6.07) is 26.2. The van der Waals surface area contributed by atoms with Gasteiger partial charge in [0, 0.05) is 23.7 Å². The second kappa shape index (κ2) is 8.50. The molecule has 0 unspecified atom stereocenters. The Balaban J connectivity index is 1.54. The van der Waals surface area contributed by atoms with Gasteiger partial charge in [-0.25, -0.2) is 0 Å². The van der Waals surface area contributed by atoms with E-state index in [0.717, 1.165) is 29.0 Å². The van der Waals surface area contributed by atoms with Crippen LogP contribution < -0.4 is 10.1 Å². The van der Waals surface area contributed by atoms with E-state index in [0.29, 0.717) is 6.54 Å². The molecule has 4 rings (SSSR count). The third-order valence-corrected chi connectivity index (χ3v) is 5.50. The van der Waals surface area contributed by atoms with Crippen LogP contribution in [-0.4, -0.2) is 37.5 Å². The fourth-order valence-electron chi connectivity index (χ4n) is 3.84. The fraction of sp³-hybridized carbons (Fsp3) is 0.240. The highest BCUT2D eigenvalue weighted by Crippen LogP contribution is 2.43. The molecule has 29 heavy (non-hydrogen) atoms. The smallest absolute Gasteiger partial charge is 0.232 e. The average Bonchev–Trinajstić information content (AvgIpc) is 2.75. The highest BCUT2D eigenvalue weighted by molar-refractivity contribution is 5.89. The zero-order valence-corrected chi connectivity index (χ0v) is 16.8. The number of rotatable bonds is 6. The first-order valence-electron chi connectivity index (χ1n) is 9.97. The minimum atomic E-state index is -0.365. The van der Waals surface area contributed by atoms with Crippen LogP contribution in [0.5, 0.6) is 11.5 Å². The zero-order valence-electron chi connectivity index (χ0n) is 16.8. The number of fused-ring (bicyclic) bond motifs is 2. The normalized spacial score (nSPS) is 13.9. The van der Waals surface area contributed by atoms with Crippen LogP contribution in [0, 0.1) is 0 Å². The van der Waals surface area contributed by atoms with Crippen molar-refractivity contribution in [2.45, 2.75) is 18.4 Å². The maximum atomic E-state index is 13.3. The van der Waals surface area contributed by atoms with Crippen molar-refractivity contribution in [2.24, 2.45) is 0 Å². The number of ether oxygens (including phenoxy) is 1. The molecule has 0 spiro atoms. The molecule has 4 heteroatoms. The molecule has 3 aromatic rings. The van der Waals surface area contributed by atoms with Gasteiger partial charge in [-0.2, -0.15) is 0 Å². The van der Waals surface area contributed by atoms with E-state index in [1.807, 2.05) is 54.6 Å². The molecule has 0 saturated heterocycles. The molecule has 4 nitrogen and oxygen atoms in total. The number of hydrogen-bond acceptors (Lipinski definition) is 3. The maximum absolute atomic E-state index is 13.3. The lowest BCUT2D eigenvalue weighted by molar-refractivity contribution is -0.122. The zero-order chi connectivity index (χ0) is 20.2. The van der Waals surface area contributed by atoms with E-state index in [9.17, 15) is 4.79 Å². The Bertz CT molecular complexity index is 939. The third-order valence-electron chi connectivity index (χ3n) is 5.50. The summed E-state index contributed by atoms with van der Waals surface area (Å²) >= 11 is 0. The predicted molar refractivity (Wildman–Crippen MR) is 115 cm³/mol. The summed E-state index contributed by atoms with van der Waals surface area (Å²) < 4.78 is 6.01. The number of nitrogens with one attached hydrogen (secondary N) is 1. The highest BCUT2D eigenvalue weighted by Gasteiger charge is 2.32. The van der Waals surface area contributed by atoms with E-state index < -0.39 is 0 Å². The van der Waals surface area contributed by atoms with Crippen molar-refractivity contribution in [3.63, 3.8) is 0 Å². The highest BCUT2D eigenvalue weighted by atomic mass is 16.5. The summed E-state index contributed by atoms with van der Waals surface area (Å²) in [4.78, 5) is 15.5. The minimum absolute atomic E-state index is 0.00751. The van der Waals surface area contributed by atoms with Gasteiger partial charge in [0.2, 0.25) is 5.91 Å². The second-order valence-corrected chi connectivity index (χ2v) is 7.66. The lowest BCUT2D eigenvalue weighted by Gasteiger charge is -2.29. The predicted octanol–water partition coefficient (Wildman–Crippen LogP) is 4.21. The van der Waals surface area contributed by atoms with Crippen LogP contribution in [0.25, 0.3) is 0 Å². The number of likely N-dealkylation sites (N-methyl/N-ethyl adjacent to an activating group) is 1. The van der Waals surface area contributed by atoms with E-state index in [4.69, 9.17) is 4.74 Å². The van der Waals surface area contributed by atoms with Crippen LogP contribution in [0.1, 0.15) is 22.6 Å². The topological polar surface area (TPSA) is 41.6 Å². The third kappa shape index (κ3) is 4.17. The Labute approximate surface area is 172 Å². The molecule has 148 valence electrons. The monoisotopic (exact) mass is 386 g/mol. The van der Waals surface area contributed by atoms with Gasteiger partial charge in [-0.1, -0.05) is 66.7 Å². The molecule has 0 bridgehead atoms. The molecular weight excluding hydrogens is 360 g/mol. The first-order valence-corrected chi connectivity index (χ1v) is 9.97. The van der Waals surface area contributed by atoms with E-state index in [-0.39, 0.29) is 17.9 Å². The van der Waals surface area contributed by atoms with Crippen LogP contribution in [0.2, 0.25) is 0 Å². The van der Waals surface area contributed by atoms with Crippen LogP contribution in [0.3, 0.4) is 0 Å². The van der Waals surface area contributed by atoms with E-state index in [1.165, 1.54) is 5.56 Å². The van der Waals surface area contributed by atoms with Gasteiger partial charge >= 0.3 is 0 Å². The Morgan fingerprint density at radius 3 is 2.03 bits per heavy atom. The summed E-state index contributed by atoms with van der Waals surface area (Å²) in [7, 11) is 4.11. The van der Waals surface area contributed by atoms with Gasteiger partial charge in [0.05, 0.1) is 5.92 Å². The van der Waals surface area contributed by atoms with Gasteiger partial charge in [-0.15, -0.1) is 0 Å². The molecule has 3 aromatic carbocycles. The van der Waals surface area contributed by atoms with E-state index in [2.05, 4.69) is 48.6 Å². The van der Waals surface area contributed by atoms with Crippen LogP contribution in [-0.2, 0) is 11.2 Å². The van der Waals surface area contributed by atoms with E-state index >= 15 is 0 Å². The average molecular weight is 386 g/mol. The first kappa shape index (κ1) is 19.2. The number of amides is 1. The fourth-order valence-corrected chi connectivity index (χ4v) is 3.84. The molecule has 1 aliphatic rings. The molecule has 0 aromatic heterocycles. The van der Waals surface area contributed by atoms with Crippen molar-refractivity contribution in [3.8, 4) is 11.5 Å². The Morgan fingerprint density at radius 2 is 1.45 bits per heavy atom. The quantitative estimate of drug-likeness (QED) is 0.690. The first-order chi connectivity index (χ1) is 14.1. The number of benzene rings is 3. The number of hydrogen-bond donors (Lipinski definition) is 1. The SMILES string of the molecule is CN(C)[C@H](CNC(=O)C1c2ccccc2Oc2ccccc21)Cc1ccccc1. The Hall–Kier alpha value is -3.11. The second-order valence-electron chi connectivity index (χ2n) is 7.66. The van der Waals surface area contributed by atoms with E-state index in [1.54, 1.807) is 0 Å². The molecule has 1 heterocycles. The summed E-state index contributed by atoms with van der Waals surface area (Å²) in [5, 5.41) is 3.20. The van der Waals surface area contributed by atoms with Crippen molar-refractivity contribution in [3.05, 3.63) is 95.6 Å². The largest absolute Gasteiger partial charge is 0.457 e. The molecular formula is C25H26N2O2. The molecule has 1 atom stereocenters. The van der Waals surface area contributed by atoms with Crippen LogP contribution >= 0.6 is 0 Å². The van der Waals surface area contributed by atoms with Gasteiger partial charge in [-0.05, 0) is 38.2 Å². The van der Waals surface area contributed by atoms with Gasteiger partial charge < -0.3 is 15.0 Å². The van der Waals surface area contributed by atoms with Gasteiger partial charge in [0.1, 0.15) is 11.5 Å². The van der Waals surface area contributed by atoms with Crippen LogP contribution in [0.4, 0.5) is 0 Å². The maximum Gasteiger partial charge on any atom is 0.232 e. The molecule has 1 N–H and O–H groups in total. The van der Waals surface area contributed by atoms with Crippen molar-refractivity contribution < 1.29 is 9.53 Å². The van der Waals surface area contributed by atoms with Crippen molar-refractivity contribution in [1.29, 1.82) is 0 Å². The number of carbonyl (C=O) groups excluding carboxylic acids is 1. The van der Waals surface area contributed by atoms with Gasteiger partial charge in [0.25, 0.3) is 0 Å². The lowest BCUT2D eigenvalue weighted by atomic mass is 9.87. The molecule has 1 amide bonds. The minimum Gasteiger partial charge on any atom is -0.457 e. The summed E-state index contributed by atoms with van der Waals surface area (Å²) in [6.45, 7) is 0.586. The lowest BCUT2D eigenvalue weighted by Crippen LogP contribution is -2.43. The standard InChI is InChI=1S/C25H26N2O2/c1-27(2)19(16-18-10-4-3-5-11-18)17-26-25(28)24-20-12-6-8-14-22(20)29-23-15-9-7-13-21(23)24/h3-15,19,24H,16-17H2,1-2H3,(H,26,28)/t19-/m0/s1. The molecule has 0 radical (unpaired) electrons. The summed E-state index contributed by atoms with van der Waals surface area (Å²) in [5.74, 6) is 1.14. The van der Waals surface area contributed by atoms with Crippen LogP contribution in [0.15, 0.2) is 78.9 Å². The van der Waals surface area contributed by atoms with Crippen molar-refractivity contribution in [1.82, 2.24) is 10.2 Å². The summed E-state index contributed by atoms with van der Waals surface area (Å²) in [6.07, 6.45) is 0.884. The molecule has 1 aliphatic heterocycles. The molecule has 0 saturated carbocycles. The Kier molecular flexibility index (Phi) is 5.63.